The highest BCUT2D eigenvalue weighted by Gasteiger charge is 2.21. The second-order valence-corrected chi connectivity index (χ2v) is 4.79. The molecular weight excluding hydrogens is 294 g/mol. The van der Waals surface area contributed by atoms with Crippen LogP contribution in [-0.4, -0.2) is 23.3 Å². The molecule has 21 heavy (non-hydrogen) atoms. The lowest BCUT2D eigenvalue weighted by Crippen LogP contribution is -2.20. The summed E-state index contributed by atoms with van der Waals surface area (Å²) in [4.78, 5) is 11.4. The van der Waals surface area contributed by atoms with Crippen LogP contribution in [0.15, 0.2) is 42.5 Å². The Morgan fingerprint density at radius 3 is 2.62 bits per heavy atom. The monoisotopic (exact) mass is 307 g/mol. The summed E-state index contributed by atoms with van der Waals surface area (Å²) < 4.78 is 4.94. The van der Waals surface area contributed by atoms with Gasteiger partial charge in [-0.1, -0.05) is 23.7 Å². The first-order valence-corrected chi connectivity index (χ1v) is 6.51. The minimum absolute atomic E-state index is 0.117. The molecule has 0 aliphatic heterocycles. The Morgan fingerprint density at radius 1 is 1.29 bits per heavy atom. The van der Waals surface area contributed by atoms with Gasteiger partial charge in [0, 0.05) is 10.7 Å². The van der Waals surface area contributed by atoms with E-state index < -0.39 is 12.0 Å². The van der Waals surface area contributed by atoms with Crippen molar-refractivity contribution in [1.82, 2.24) is 0 Å². The van der Waals surface area contributed by atoms with Crippen molar-refractivity contribution < 1.29 is 19.7 Å². The molecule has 0 heterocycles. The summed E-state index contributed by atoms with van der Waals surface area (Å²) in [5, 5.41) is 22.5. The van der Waals surface area contributed by atoms with Crippen LogP contribution in [0.4, 0.5) is 5.69 Å². The second kappa shape index (κ2) is 6.37. The van der Waals surface area contributed by atoms with E-state index in [-0.39, 0.29) is 11.5 Å². The summed E-state index contributed by atoms with van der Waals surface area (Å²) in [5.41, 5.74) is 0.978. The SMILES string of the molecule is COc1ccc(C(Nc2cccc(Cl)c2)C(=O)O)cc1O. The van der Waals surface area contributed by atoms with E-state index in [2.05, 4.69) is 5.32 Å². The number of rotatable bonds is 5. The van der Waals surface area contributed by atoms with Gasteiger partial charge in [-0.3, -0.25) is 0 Å². The van der Waals surface area contributed by atoms with Crippen molar-refractivity contribution in [1.29, 1.82) is 0 Å². The van der Waals surface area contributed by atoms with Crippen LogP contribution in [0.5, 0.6) is 11.5 Å². The average Bonchev–Trinajstić information content (AvgIpc) is 2.44. The first-order chi connectivity index (χ1) is 10.0. The van der Waals surface area contributed by atoms with E-state index in [0.717, 1.165) is 0 Å². The number of hydrogen-bond acceptors (Lipinski definition) is 4. The van der Waals surface area contributed by atoms with Crippen LogP contribution in [0.2, 0.25) is 5.02 Å². The maximum atomic E-state index is 11.4. The van der Waals surface area contributed by atoms with E-state index in [1.54, 1.807) is 30.3 Å². The second-order valence-electron chi connectivity index (χ2n) is 4.36. The first kappa shape index (κ1) is 15.0. The zero-order valence-corrected chi connectivity index (χ0v) is 12.0. The predicted molar refractivity (Wildman–Crippen MR) is 80.1 cm³/mol. The van der Waals surface area contributed by atoms with Gasteiger partial charge in [0.25, 0.3) is 0 Å². The molecule has 6 heteroatoms. The number of phenolic OH excluding ortho intramolecular Hbond substituents is 1. The number of halogens is 1. The van der Waals surface area contributed by atoms with E-state index in [4.69, 9.17) is 16.3 Å². The van der Waals surface area contributed by atoms with E-state index in [1.807, 2.05) is 0 Å². The smallest absolute Gasteiger partial charge is 0.330 e. The number of phenols is 1. The maximum absolute atomic E-state index is 11.4. The van der Waals surface area contributed by atoms with Crippen LogP contribution in [0.25, 0.3) is 0 Å². The molecule has 0 saturated heterocycles. The Morgan fingerprint density at radius 2 is 2.05 bits per heavy atom. The molecule has 3 N–H and O–H groups in total. The number of methoxy groups -OCH3 is 1. The largest absolute Gasteiger partial charge is 0.504 e. The van der Waals surface area contributed by atoms with Gasteiger partial charge in [-0.15, -0.1) is 0 Å². The average molecular weight is 308 g/mol. The third kappa shape index (κ3) is 3.58. The third-order valence-electron chi connectivity index (χ3n) is 2.92. The molecule has 0 bridgehead atoms. The highest BCUT2D eigenvalue weighted by molar-refractivity contribution is 6.30. The van der Waals surface area contributed by atoms with E-state index >= 15 is 0 Å². The van der Waals surface area contributed by atoms with Crippen LogP contribution >= 0.6 is 11.6 Å². The summed E-state index contributed by atoms with van der Waals surface area (Å²) in [5.74, 6) is -0.903. The maximum Gasteiger partial charge on any atom is 0.330 e. The lowest BCUT2D eigenvalue weighted by atomic mass is 10.1. The molecule has 0 amide bonds. The molecule has 0 aliphatic carbocycles. The number of hydrogen-bond donors (Lipinski definition) is 3. The van der Waals surface area contributed by atoms with Crippen molar-refractivity contribution in [2.75, 3.05) is 12.4 Å². The molecule has 1 atom stereocenters. The number of anilines is 1. The van der Waals surface area contributed by atoms with Crippen molar-refractivity contribution in [2.45, 2.75) is 6.04 Å². The van der Waals surface area contributed by atoms with Gasteiger partial charge in [0.1, 0.15) is 0 Å². The number of carboxylic acid groups (broad SMARTS) is 1. The van der Waals surface area contributed by atoms with Gasteiger partial charge in [-0.05, 0) is 35.9 Å². The van der Waals surface area contributed by atoms with E-state index in [0.29, 0.717) is 16.3 Å². The van der Waals surface area contributed by atoms with Crippen molar-refractivity contribution in [3.05, 3.63) is 53.1 Å². The van der Waals surface area contributed by atoms with Gasteiger partial charge in [-0.25, -0.2) is 4.79 Å². The number of carbonyl (C=O) groups is 1. The molecule has 5 nitrogen and oxygen atoms in total. The van der Waals surface area contributed by atoms with Crippen molar-refractivity contribution >= 4 is 23.3 Å². The molecule has 0 fully saturated rings. The van der Waals surface area contributed by atoms with Crippen LogP contribution in [0.1, 0.15) is 11.6 Å². The van der Waals surface area contributed by atoms with Crippen LogP contribution in [0, 0.1) is 0 Å². The van der Waals surface area contributed by atoms with Gasteiger partial charge in [0.15, 0.2) is 17.5 Å². The first-order valence-electron chi connectivity index (χ1n) is 6.13. The van der Waals surface area contributed by atoms with Crippen molar-refractivity contribution in [3.8, 4) is 11.5 Å². The van der Waals surface area contributed by atoms with Gasteiger partial charge < -0.3 is 20.3 Å². The zero-order valence-electron chi connectivity index (χ0n) is 11.2. The highest BCUT2D eigenvalue weighted by atomic mass is 35.5. The fourth-order valence-corrected chi connectivity index (χ4v) is 2.11. The molecule has 0 spiro atoms. The Hall–Kier alpha value is -2.40. The molecular formula is C15H14ClNO4. The summed E-state index contributed by atoms with van der Waals surface area (Å²) in [7, 11) is 1.42. The zero-order chi connectivity index (χ0) is 15.4. The van der Waals surface area contributed by atoms with Crippen LogP contribution in [0.3, 0.4) is 0 Å². The predicted octanol–water partition coefficient (Wildman–Crippen LogP) is 3.29. The van der Waals surface area contributed by atoms with Crippen LogP contribution < -0.4 is 10.1 Å². The number of aliphatic carboxylic acids is 1. The van der Waals surface area contributed by atoms with Gasteiger partial charge >= 0.3 is 5.97 Å². The normalized spacial score (nSPS) is 11.7. The topological polar surface area (TPSA) is 78.8 Å². The number of carboxylic acids is 1. The fourth-order valence-electron chi connectivity index (χ4n) is 1.92. The highest BCUT2D eigenvalue weighted by Crippen LogP contribution is 2.30. The van der Waals surface area contributed by atoms with Gasteiger partial charge in [-0.2, -0.15) is 0 Å². The molecule has 0 saturated carbocycles. The Bertz CT molecular complexity index is 660. The molecule has 0 radical (unpaired) electrons. The molecule has 1 unspecified atom stereocenters. The number of aromatic hydroxyl groups is 1. The van der Waals surface area contributed by atoms with E-state index in [9.17, 15) is 15.0 Å². The third-order valence-corrected chi connectivity index (χ3v) is 3.15. The quantitative estimate of drug-likeness (QED) is 0.790. The van der Waals surface area contributed by atoms with Crippen molar-refractivity contribution in [2.24, 2.45) is 0 Å². The molecule has 2 aromatic rings. The van der Waals surface area contributed by atoms with Gasteiger partial charge in [0.2, 0.25) is 0 Å². The summed E-state index contributed by atoms with van der Waals surface area (Å²) in [6.07, 6.45) is 0. The Kier molecular flexibility index (Phi) is 4.55. The molecule has 110 valence electrons. The molecule has 2 aromatic carbocycles. The standard InChI is InChI=1S/C15H14ClNO4/c1-21-13-6-5-9(7-12(13)18)14(15(19)20)17-11-4-2-3-10(16)8-11/h2-8,14,17-18H,1H3,(H,19,20). The van der Waals surface area contributed by atoms with Crippen molar-refractivity contribution in [3.63, 3.8) is 0 Å². The lowest BCUT2D eigenvalue weighted by Gasteiger charge is -2.17. The number of benzene rings is 2. The summed E-state index contributed by atoms with van der Waals surface area (Å²) >= 11 is 5.87. The molecule has 0 aliphatic rings. The lowest BCUT2D eigenvalue weighted by molar-refractivity contribution is -0.138. The molecule has 2 rings (SSSR count). The summed E-state index contributed by atoms with van der Waals surface area (Å²) in [6.45, 7) is 0. The summed E-state index contributed by atoms with van der Waals surface area (Å²) in [6, 6.07) is 10.2. The Balaban J connectivity index is 2.31. The van der Waals surface area contributed by atoms with Gasteiger partial charge in [0.05, 0.1) is 7.11 Å². The Labute approximate surface area is 126 Å². The van der Waals surface area contributed by atoms with Crippen LogP contribution in [-0.2, 0) is 4.79 Å². The van der Waals surface area contributed by atoms with E-state index in [1.165, 1.54) is 19.2 Å². The number of ether oxygens (including phenoxy) is 1. The minimum Gasteiger partial charge on any atom is -0.504 e. The minimum atomic E-state index is -1.07. The fraction of sp³-hybridized carbons (Fsp3) is 0.133. The number of nitrogens with one attached hydrogen (secondary N) is 1. The molecule has 0 aromatic heterocycles.